The van der Waals surface area contributed by atoms with Gasteiger partial charge in [0, 0.05) is 6.54 Å². The second-order valence-electron chi connectivity index (χ2n) is 5.32. The summed E-state index contributed by atoms with van der Waals surface area (Å²) >= 11 is 0. The van der Waals surface area contributed by atoms with E-state index in [-0.39, 0.29) is 5.97 Å². The Balaban J connectivity index is 2.68. The van der Waals surface area contributed by atoms with E-state index in [1.807, 2.05) is 0 Å². The first-order valence-electron chi connectivity index (χ1n) is 6.50. The number of nitrogens with one attached hydrogen (secondary N) is 1. The maximum atomic E-state index is 12.0. The van der Waals surface area contributed by atoms with Crippen LogP contribution in [0.2, 0.25) is 0 Å². The van der Waals surface area contributed by atoms with Crippen LogP contribution in [0.15, 0.2) is 12.7 Å². The topological polar surface area (TPSA) is 38.3 Å². The number of hydrogen-bond donors (Lipinski definition) is 1. The molecule has 17 heavy (non-hydrogen) atoms. The summed E-state index contributed by atoms with van der Waals surface area (Å²) in [6.45, 7) is 8.86. The van der Waals surface area contributed by atoms with E-state index in [9.17, 15) is 4.79 Å². The molecule has 1 aliphatic rings. The Labute approximate surface area is 105 Å². The van der Waals surface area contributed by atoms with Gasteiger partial charge >= 0.3 is 5.97 Å². The molecule has 0 bridgehead atoms. The molecule has 1 fully saturated rings. The van der Waals surface area contributed by atoms with E-state index < -0.39 is 5.54 Å². The van der Waals surface area contributed by atoms with Crippen LogP contribution in [0, 0.1) is 11.8 Å². The monoisotopic (exact) mass is 239 g/mol. The number of carbonyl (C=O) groups is 1. The van der Waals surface area contributed by atoms with Crippen molar-refractivity contribution >= 4 is 5.97 Å². The Hall–Kier alpha value is -0.830. The normalized spacial score (nSPS) is 29.1. The molecule has 3 nitrogen and oxygen atoms in total. The third-order valence-electron chi connectivity index (χ3n) is 3.99. The van der Waals surface area contributed by atoms with Crippen LogP contribution in [-0.2, 0) is 9.53 Å². The molecule has 98 valence electrons. The van der Waals surface area contributed by atoms with Crippen molar-refractivity contribution < 1.29 is 9.53 Å². The number of esters is 1. The predicted octanol–water partition coefficient (Wildman–Crippen LogP) is 2.52. The Kier molecular flexibility index (Phi) is 5.19. The van der Waals surface area contributed by atoms with Gasteiger partial charge in [-0.3, -0.25) is 10.1 Å². The minimum absolute atomic E-state index is 0.124. The summed E-state index contributed by atoms with van der Waals surface area (Å²) in [4.78, 5) is 12.0. The van der Waals surface area contributed by atoms with Gasteiger partial charge in [-0.25, -0.2) is 0 Å². The van der Waals surface area contributed by atoms with E-state index in [0.29, 0.717) is 12.5 Å². The van der Waals surface area contributed by atoms with Crippen LogP contribution in [0.1, 0.15) is 39.5 Å². The van der Waals surface area contributed by atoms with Crippen LogP contribution in [0.25, 0.3) is 0 Å². The summed E-state index contributed by atoms with van der Waals surface area (Å²) < 4.78 is 4.95. The molecule has 0 aromatic rings. The van der Waals surface area contributed by atoms with Crippen molar-refractivity contribution in [3.05, 3.63) is 12.7 Å². The van der Waals surface area contributed by atoms with Crippen LogP contribution < -0.4 is 5.32 Å². The van der Waals surface area contributed by atoms with Gasteiger partial charge < -0.3 is 4.74 Å². The van der Waals surface area contributed by atoms with E-state index in [1.165, 1.54) is 7.11 Å². The first kappa shape index (κ1) is 14.2. The van der Waals surface area contributed by atoms with Crippen molar-refractivity contribution in [1.82, 2.24) is 5.32 Å². The van der Waals surface area contributed by atoms with Crippen LogP contribution in [0.3, 0.4) is 0 Å². The average molecular weight is 239 g/mol. The molecule has 0 saturated heterocycles. The Morgan fingerprint density at radius 3 is 2.53 bits per heavy atom. The van der Waals surface area contributed by atoms with Gasteiger partial charge in [-0.15, -0.1) is 6.58 Å². The Bertz CT molecular complexity index is 265. The van der Waals surface area contributed by atoms with Crippen molar-refractivity contribution in [3.63, 3.8) is 0 Å². The number of carbonyl (C=O) groups excluding carboxylic acids is 1. The van der Waals surface area contributed by atoms with E-state index in [0.717, 1.165) is 31.6 Å². The first-order valence-corrected chi connectivity index (χ1v) is 6.50. The third-order valence-corrected chi connectivity index (χ3v) is 3.99. The van der Waals surface area contributed by atoms with Gasteiger partial charge in [0.2, 0.25) is 0 Å². The van der Waals surface area contributed by atoms with E-state index >= 15 is 0 Å². The maximum absolute atomic E-state index is 12.0. The summed E-state index contributed by atoms with van der Waals surface area (Å²) in [6.07, 6.45) is 5.72. The zero-order valence-corrected chi connectivity index (χ0v) is 11.3. The lowest BCUT2D eigenvalue weighted by Crippen LogP contribution is -2.55. The number of ether oxygens (including phenoxy) is 1. The molecule has 3 heteroatoms. The van der Waals surface area contributed by atoms with Crippen molar-refractivity contribution in [2.24, 2.45) is 11.8 Å². The molecule has 1 N–H and O–H groups in total. The van der Waals surface area contributed by atoms with Crippen LogP contribution in [0.5, 0.6) is 0 Å². The van der Waals surface area contributed by atoms with Gasteiger partial charge in [0.05, 0.1) is 7.11 Å². The smallest absolute Gasteiger partial charge is 0.326 e. The summed E-state index contributed by atoms with van der Waals surface area (Å²) in [5.74, 6) is 1.31. The summed E-state index contributed by atoms with van der Waals surface area (Å²) in [6, 6.07) is 0. The lowest BCUT2D eigenvalue weighted by molar-refractivity contribution is -0.150. The number of methoxy groups -OCH3 is 1. The van der Waals surface area contributed by atoms with Crippen molar-refractivity contribution in [3.8, 4) is 0 Å². The highest BCUT2D eigenvalue weighted by atomic mass is 16.5. The van der Waals surface area contributed by atoms with E-state index in [1.54, 1.807) is 6.08 Å². The van der Waals surface area contributed by atoms with Crippen molar-refractivity contribution in [1.29, 1.82) is 0 Å². The zero-order chi connectivity index (χ0) is 12.9. The molecule has 0 aromatic carbocycles. The molecule has 1 aliphatic carbocycles. The predicted molar refractivity (Wildman–Crippen MR) is 69.7 cm³/mol. The number of rotatable bonds is 5. The fourth-order valence-corrected chi connectivity index (χ4v) is 2.72. The molecule has 0 heterocycles. The minimum Gasteiger partial charge on any atom is -0.468 e. The van der Waals surface area contributed by atoms with Crippen LogP contribution >= 0.6 is 0 Å². The van der Waals surface area contributed by atoms with Gasteiger partial charge in [0.1, 0.15) is 5.54 Å². The second-order valence-corrected chi connectivity index (χ2v) is 5.32. The number of hydrogen-bond acceptors (Lipinski definition) is 3. The third kappa shape index (κ3) is 3.32. The Morgan fingerprint density at radius 1 is 1.53 bits per heavy atom. The maximum Gasteiger partial charge on any atom is 0.326 e. The van der Waals surface area contributed by atoms with Gasteiger partial charge in [-0.05, 0) is 37.5 Å². The molecule has 0 atom stereocenters. The molecule has 0 unspecified atom stereocenters. The Morgan fingerprint density at radius 2 is 2.12 bits per heavy atom. The molecule has 0 aliphatic heterocycles. The SMILES string of the molecule is C=CCNC1(C(=O)OC)CCC(C(C)C)CC1. The average Bonchev–Trinajstić information content (AvgIpc) is 2.35. The molecule has 0 radical (unpaired) electrons. The molecule has 0 spiro atoms. The lowest BCUT2D eigenvalue weighted by atomic mass is 9.72. The fourth-order valence-electron chi connectivity index (χ4n) is 2.72. The highest BCUT2D eigenvalue weighted by molar-refractivity contribution is 5.80. The summed E-state index contributed by atoms with van der Waals surface area (Å²) in [5, 5.41) is 3.30. The quantitative estimate of drug-likeness (QED) is 0.592. The molecule has 1 saturated carbocycles. The van der Waals surface area contributed by atoms with Crippen molar-refractivity contribution in [2.75, 3.05) is 13.7 Å². The fraction of sp³-hybridized carbons (Fsp3) is 0.786. The van der Waals surface area contributed by atoms with Gasteiger partial charge in [-0.2, -0.15) is 0 Å². The molecule has 1 rings (SSSR count). The van der Waals surface area contributed by atoms with Crippen molar-refractivity contribution in [2.45, 2.75) is 45.1 Å². The largest absolute Gasteiger partial charge is 0.468 e. The molecular formula is C14H25NO2. The van der Waals surface area contributed by atoms with Crippen LogP contribution in [0.4, 0.5) is 0 Å². The highest BCUT2D eigenvalue weighted by Gasteiger charge is 2.42. The van der Waals surface area contributed by atoms with Gasteiger partial charge in [0.15, 0.2) is 0 Å². The zero-order valence-electron chi connectivity index (χ0n) is 11.3. The van der Waals surface area contributed by atoms with E-state index in [2.05, 4.69) is 25.7 Å². The van der Waals surface area contributed by atoms with E-state index in [4.69, 9.17) is 4.74 Å². The first-order chi connectivity index (χ1) is 8.05. The molecule has 0 amide bonds. The van der Waals surface area contributed by atoms with Gasteiger partial charge in [-0.1, -0.05) is 19.9 Å². The highest BCUT2D eigenvalue weighted by Crippen LogP contribution is 2.36. The summed E-state index contributed by atoms with van der Waals surface area (Å²) in [7, 11) is 1.47. The lowest BCUT2D eigenvalue weighted by Gasteiger charge is -2.39. The molecule has 0 aromatic heterocycles. The second kappa shape index (κ2) is 6.20. The minimum atomic E-state index is -0.478. The van der Waals surface area contributed by atoms with Gasteiger partial charge in [0.25, 0.3) is 0 Å². The molecular weight excluding hydrogens is 214 g/mol. The van der Waals surface area contributed by atoms with Crippen LogP contribution in [-0.4, -0.2) is 25.2 Å². The summed E-state index contributed by atoms with van der Waals surface area (Å²) in [5.41, 5.74) is -0.478. The standard InChI is InChI=1S/C14H25NO2/c1-5-10-15-14(13(16)17-4)8-6-12(7-9-14)11(2)3/h5,11-12,15H,1,6-10H2,2-4H3.